The number of esters is 2. The van der Waals surface area contributed by atoms with Crippen molar-refractivity contribution in [3.05, 3.63) is 99.3 Å². The molecule has 6 rings (SSSR count). The van der Waals surface area contributed by atoms with Crippen molar-refractivity contribution in [2.45, 2.75) is 44.9 Å². The van der Waals surface area contributed by atoms with Crippen molar-refractivity contribution < 1.29 is 29.0 Å². The molecule has 4 heterocycles. The summed E-state index contributed by atoms with van der Waals surface area (Å²) >= 11 is 0. The van der Waals surface area contributed by atoms with E-state index >= 15 is 0 Å². The van der Waals surface area contributed by atoms with E-state index in [-0.39, 0.29) is 36.1 Å². The van der Waals surface area contributed by atoms with Crippen LogP contribution in [0.5, 0.6) is 0 Å². The van der Waals surface area contributed by atoms with Gasteiger partial charge in [-0.25, -0.2) is 9.78 Å². The van der Waals surface area contributed by atoms with Crippen molar-refractivity contribution in [3.63, 3.8) is 0 Å². The molecule has 202 valence electrons. The van der Waals surface area contributed by atoms with Crippen molar-refractivity contribution in [2.24, 2.45) is 5.92 Å². The zero-order valence-corrected chi connectivity index (χ0v) is 21.8. The average Bonchev–Trinajstić information content (AvgIpc) is 3.31. The Morgan fingerprint density at radius 3 is 2.60 bits per heavy atom. The maximum atomic E-state index is 13.7. The third-order valence-corrected chi connectivity index (χ3v) is 7.74. The van der Waals surface area contributed by atoms with Gasteiger partial charge in [-0.2, -0.15) is 0 Å². The summed E-state index contributed by atoms with van der Waals surface area (Å²) in [5.74, 6) is -3.85. The Bertz CT molecular complexity index is 1740. The van der Waals surface area contributed by atoms with Crippen LogP contribution in [0.1, 0.15) is 42.0 Å². The number of ether oxygens (including phenoxy) is 2. The van der Waals surface area contributed by atoms with Crippen LogP contribution >= 0.6 is 0 Å². The molecule has 0 saturated heterocycles. The van der Waals surface area contributed by atoms with Crippen molar-refractivity contribution in [3.8, 4) is 11.4 Å². The molecule has 0 spiro atoms. The van der Waals surface area contributed by atoms with Gasteiger partial charge < -0.3 is 19.1 Å². The average molecular weight is 539 g/mol. The Morgan fingerprint density at radius 2 is 1.85 bits per heavy atom. The smallest absolute Gasteiger partial charge is 0.355 e. The van der Waals surface area contributed by atoms with Crippen LogP contribution in [0.2, 0.25) is 0 Å². The van der Waals surface area contributed by atoms with Crippen LogP contribution in [0.4, 0.5) is 0 Å². The molecule has 0 saturated carbocycles. The lowest BCUT2D eigenvalue weighted by Crippen LogP contribution is -2.48. The van der Waals surface area contributed by atoms with E-state index in [1.807, 2.05) is 36.4 Å². The summed E-state index contributed by atoms with van der Waals surface area (Å²) in [6, 6.07) is 20.3. The minimum Gasteiger partial charge on any atom is -0.481 e. The first-order chi connectivity index (χ1) is 19.3. The largest absolute Gasteiger partial charge is 0.481 e. The number of benzene rings is 2. The van der Waals surface area contributed by atoms with Gasteiger partial charge in [0.25, 0.3) is 5.56 Å². The molecule has 0 amide bonds. The number of rotatable bonds is 7. The zero-order valence-electron chi connectivity index (χ0n) is 21.8. The van der Waals surface area contributed by atoms with Gasteiger partial charge in [-0.15, -0.1) is 0 Å². The third kappa shape index (κ3) is 4.14. The number of carboxylic acid groups (broad SMARTS) is 1. The van der Waals surface area contributed by atoms with Gasteiger partial charge in [0.05, 0.1) is 41.4 Å². The normalized spacial score (nSPS) is 17.9. The molecule has 9 nitrogen and oxygen atoms in total. The third-order valence-electron chi connectivity index (χ3n) is 7.74. The predicted molar refractivity (Wildman–Crippen MR) is 144 cm³/mol. The topological polar surface area (TPSA) is 125 Å². The Kier molecular flexibility index (Phi) is 6.21. The van der Waals surface area contributed by atoms with E-state index < -0.39 is 35.8 Å². The number of hydrogen-bond donors (Lipinski definition) is 1. The molecule has 2 atom stereocenters. The Morgan fingerprint density at radius 1 is 1.10 bits per heavy atom. The van der Waals surface area contributed by atoms with Crippen molar-refractivity contribution in [1.82, 2.24) is 9.55 Å². The van der Waals surface area contributed by atoms with E-state index in [0.717, 1.165) is 22.0 Å². The van der Waals surface area contributed by atoms with Gasteiger partial charge in [-0.1, -0.05) is 55.5 Å². The van der Waals surface area contributed by atoms with Crippen LogP contribution < -0.4 is 5.56 Å². The number of carbonyl (C=O) groups is 3. The summed E-state index contributed by atoms with van der Waals surface area (Å²) in [5.41, 5.74) is 1.80. The Labute approximate surface area is 229 Å². The summed E-state index contributed by atoms with van der Waals surface area (Å²) in [4.78, 5) is 57.0. The van der Waals surface area contributed by atoms with Crippen molar-refractivity contribution in [2.75, 3.05) is 0 Å². The van der Waals surface area contributed by atoms with Gasteiger partial charge in [0.15, 0.2) is 0 Å². The van der Waals surface area contributed by atoms with Crippen LogP contribution in [0.3, 0.4) is 0 Å². The van der Waals surface area contributed by atoms with Crippen molar-refractivity contribution in [1.29, 1.82) is 0 Å². The molecule has 4 aromatic rings. The van der Waals surface area contributed by atoms with Crippen LogP contribution in [0, 0.1) is 5.92 Å². The molecule has 9 heteroatoms. The zero-order chi connectivity index (χ0) is 28.0. The lowest BCUT2D eigenvalue weighted by Gasteiger charge is -2.36. The SMILES string of the molecule is CC[C@@]1(OC(=O)C(CC(=O)O)Cc2ccccc2)C(=O)OCc2c1cc1n(c2=O)Cc2cc3ccccc3nc2-1. The highest BCUT2D eigenvalue weighted by Gasteiger charge is 2.51. The lowest BCUT2D eigenvalue weighted by atomic mass is 9.85. The summed E-state index contributed by atoms with van der Waals surface area (Å²) in [6.07, 6.45) is -0.367. The number of pyridine rings is 2. The number of nitrogens with zero attached hydrogens (tertiary/aromatic N) is 2. The fourth-order valence-corrected chi connectivity index (χ4v) is 5.69. The Hall–Kier alpha value is -4.79. The second-order valence-corrected chi connectivity index (χ2v) is 10.2. The number of fused-ring (bicyclic) bond motifs is 5. The lowest BCUT2D eigenvalue weighted by molar-refractivity contribution is -0.192. The molecular weight excluding hydrogens is 512 g/mol. The van der Waals surface area contributed by atoms with E-state index in [2.05, 4.69) is 0 Å². The number of para-hydroxylation sites is 1. The summed E-state index contributed by atoms with van der Waals surface area (Å²) in [6.45, 7) is 1.73. The molecule has 2 aromatic carbocycles. The molecule has 0 aliphatic carbocycles. The molecule has 40 heavy (non-hydrogen) atoms. The van der Waals surface area contributed by atoms with E-state index in [1.165, 1.54) is 0 Å². The number of hydrogen-bond acceptors (Lipinski definition) is 7. The van der Waals surface area contributed by atoms with Gasteiger partial charge in [0, 0.05) is 16.5 Å². The highest BCUT2D eigenvalue weighted by atomic mass is 16.6. The first-order valence-corrected chi connectivity index (χ1v) is 13.1. The quantitative estimate of drug-likeness (QED) is 0.309. The maximum Gasteiger partial charge on any atom is 0.355 e. The summed E-state index contributed by atoms with van der Waals surface area (Å²) in [7, 11) is 0. The number of carboxylic acids is 1. The standard InChI is InChI=1S/C31H26N2O7/c1-2-31(40-29(37)20(14-26(34)35)12-18-8-4-3-5-9-18)23-15-25-27-21(13-19-10-6-7-11-24(19)32-27)16-33(25)28(36)22(23)17-39-30(31)38/h3-11,13,15,20H,2,12,14,16-17H2,1H3,(H,34,35)/t20?,31-/m0/s1. The molecule has 2 aromatic heterocycles. The van der Waals surface area contributed by atoms with Crippen molar-refractivity contribution >= 4 is 28.8 Å². The van der Waals surface area contributed by atoms with Crippen LogP contribution in [0.25, 0.3) is 22.3 Å². The van der Waals surface area contributed by atoms with Crippen LogP contribution in [-0.4, -0.2) is 32.6 Å². The monoisotopic (exact) mass is 538 g/mol. The van der Waals surface area contributed by atoms with Gasteiger partial charge >= 0.3 is 17.9 Å². The van der Waals surface area contributed by atoms with E-state index in [4.69, 9.17) is 14.5 Å². The molecule has 0 fully saturated rings. The number of aromatic nitrogens is 2. The molecule has 2 aliphatic heterocycles. The van der Waals surface area contributed by atoms with Gasteiger partial charge in [0.2, 0.25) is 5.60 Å². The number of cyclic esters (lactones) is 1. The molecule has 2 aliphatic rings. The summed E-state index contributed by atoms with van der Waals surface area (Å²) in [5, 5.41) is 10.5. The van der Waals surface area contributed by atoms with Gasteiger partial charge in [-0.05, 0) is 36.6 Å². The fraction of sp³-hybridized carbons (Fsp3) is 0.258. The Balaban J connectivity index is 1.44. The van der Waals surface area contributed by atoms with E-state index in [0.29, 0.717) is 17.9 Å². The predicted octanol–water partition coefficient (Wildman–Crippen LogP) is 3.96. The van der Waals surface area contributed by atoms with Crippen LogP contribution in [0.15, 0.2) is 71.5 Å². The van der Waals surface area contributed by atoms with E-state index in [9.17, 15) is 24.3 Å². The van der Waals surface area contributed by atoms with Gasteiger partial charge in [-0.3, -0.25) is 14.4 Å². The first-order valence-electron chi connectivity index (χ1n) is 13.1. The van der Waals surface area contributed by atoms with Crippen LogP contribution in [-0.2, 0) is 49.0 Å². The second-order valence-electron chi connectivity index (χ2n) is 10.2. The number of carbonyl (C=O) groups excluding carboxylic acids is 2. The first kappa shape index (κ1) is 25.5. The molecule has 0 radical (unpaired) electrons. The highest BCUT2D eigenvalue weighted by molar-refractivity contribution is 5.89. The summed E-state index contributed by atoms with van der Waals surface area (Å²) < 4.78 is 12.9. The molecule has 1 N–H and O–H groups in total. The minimum absolute atomic E-state index is 0.00337. The van der Waals surface area contributed by atoms with E-state index in [1.54, 1.807) is 41.8 Å². The molecule has 1 unspecified atom stereocenters. The second kappa shape index (κ2) is 9.75. The van der Waals surface area contributed by atoms with Gasteiger partial charge in [0.1, 0.15) is 6.61 Å². The maximum absolute atomic E-state index is 13.7. The number of aliphatic carboxylic acids is 1. The highest BCUT2D eigenvalue weighted by Crippen LogP contribution is 2.41. The minimum atomic E-state index is -1.90. The molecular formula is C31H26N2O7. The molecule has 0 bridgehead atoms. The fourth-order valence-electron chi connectivity index (χ4n) is 5.69.